The van der Waals surface area contributed by atoms with Crippen LogP contribution in [0.15, 0.2) is 53.7 Å². The number of amides is 1. The van der Waals surface area contributed by atoms with Gasteiger partial charge in [0.25, 0.3) is 0 Å². The predicted molar refractivity (Wildman–Crippen MR) is 106 cm³/mol. The van der Waals surface area contributed by atoms with Crippen molar-refractivity contribution >= 4 is 29.3 Å². The first-order chi connectivity index (χ1) is 13.6. The number of thioether (sulfide) groups is 1. The summed E-state index contributed by atoms with van der Waals surface area (Å²) in [7, 11) is 1.30. The van der Waals surface area contributed by atoms with Gasteiger partial charge in [-0.1, -0.05) is 42.1 Å². The number of esters is 1. The Morgan fingerprint density at radius 1 is 1.14 bits per heavy atom. The fourth-order valence-electron chi connectivity index (χ4n) is 2.55. The molecule has 0 unspecified atom stereocenters. The Hall–Kier alpha value is -3.20. The summed E-state index contributed by atoms with van der Waals surface area (Å²) in [5.41, 5.74) is 2.68. The molecule has 0 aliphatic rings. The lowest BCUT2D eigenvalue weighted by Crippen LogP contribution is -2.15. The molecule has 8 nitrogen and oxygen atoms in total. The highest BCUT2D eigenvalue weighted by Crippen LogP contribution is 2.21. The van der Waals surface area contributed by atoms with Crippen LogP contribution in [0.1, 0.15) is 22.3 Å². The third-order valence-electron chi connectivity index (χ3n) is 3.95. The molecule has 144 valence electrons. The second-order valence-electron chi connectivity index (χ2n) is 5.84. The Morgan fingerprint density at radius 3 is 2.68 bits per heavy atom. The molecule has 2 aromatic carbocycles. The number of carbonyl (C=O) groups is 2. The second kappa shape index (κ2) is 9.14. The molecule has 0 aliphatic carbocycles. The van der Waals surface area contributed by atoms with Crippen molar-refractivity contribution in [2.24, 2.45) is 0 Å². The molecule has 1 heterocycles. The quantitative estimate of drug-likeness (QED) is 0.483. The normalized spacial score (nSPS) is 10.5. The Bertz CT molecular complexity index is 989. The maximum Gasteiger partial charge on any atom is 0.339 e. The van der Waals surface area contributed by atoms with Gasteiger partial charge in [0.2, 0.25) is 11.1 Å². The number of ether oxygens (including phenoxy) is 1. The Morgan fingerprint density at radius 2 is 1.89 bits per heavy atom. The largest absolute Gasteiger partial charge is 0.465 e. The minimum atomic E-state index is -0.498. The van der Waals surface area contributed by atoms with Crippen LogP contribution in [0.2, 0.25) is 0 Å². The summed E-state index contributed by atoms with van der Waals surface area (Å²) in [6.45, 7) is 1.98. The average molecular weight is 397 g/mol. The zero-order valence-electron chi connectivity index (χ0n) is 15.5. The van der Waals surface area contributed by atoms with E-state index in [0.29, 0.717) is 22.2 Å². The molecule has 1 N–H and O–H groups in total. The van der Waals surface area contributed by atoms with Crippen molar-refractivity contribution in [1.82, 2.24) is 20.2 Å². The molecular formula is C19H19N5O3S. The van der Waals surface area contributed by atoms with Crippen molar-refractivity contribution in [3.63, 3.8) is 0 Å². The number of rotatable bonds is 7. The van der Waals surface area contributed by atoms with E-state index in [2.05, 4.69) is 20.8 Å². The molecule has 0 spiro atoms. The molecule has 0 aliphatic heterocycles. The maximum atomic E-state index is 12.3. The van der Waals surface area contributed by atoms with E-state index in [1.165, 1.54) is 18.9 Å². The lowest BCUT2D eigenvalue weighted by atomic mass is 10.2. The first-order valence-electron chi connectivity index (χ1n) is 8.54. The highest BCUT2D eigenvalue weighted by molar-refractivity contribution is 7.99. The zero-order chi connectivity index (χ0) is 19.9. The molecule has 1 aromatic heterocycles. The highest BCUT2D eigenvalue weighted by Gasteiger charge is 2.14. The van der Waals surface area contributed by atoms with Crippen LogP contribution >= 0.6 is 11.8 Å². The van der Waals surface area contributed by atoms with Crippen LogP contribution in [0.5, 0.6) is 0 Å². The number of benzene rings is 2. The van der Waals surface area contributed by atoms with E-state index in [4.69, 9.17) is 4.74 Å². The van der Waals surface area contributed by atoms with Crippen LogP contribution in [-0.4, -0.2) is 44.9 Å². The summed E-state index contributed by atoms with van der Waals surface area (Å²) in [4.78, 5) is 24.1. The fraction of sp³-hybridized carbons (Fsp3) is 0.211. The first-order valence-corrected chi connectivity index (χ1v) is 9.53. The van der Waals surface area contributed by atoms with Crippen molar-refractivity contribution in [3.8, 4) is 5.69 Å². The third-order valence-corrected chi connectivity index (χ3v) is 4.87. The lowest BCUT2D eigenvalue weighted by molar-refractivity contribution is -0.115. The Labute approximate surface area is 166 Å². The van der Waals surface area contributed by atoms with E-state index in [1.54, 1.807) is 28.9 Å². The summed E-state index contributed by atoms with van der Waals surface area (Å²) in [5.74, 6) is -0.222. The predicted octanol–water partition coefficient (Wildman–Crippen LogP) is 2.88. The van der Waals surface area contributed by atoms with Gasteiger partial charge in [0.1, 0.15) is 0 Å². The van der Waals surface area contributed by atoms with Gasteiger partial charge in [0.05, 0.1) is 24.0 Å². The Kier molecular flexibility index (Phi) is 6.38. The summed E-state index contributed by atoms with van der Waals surface area (Å²) in [6, 6.07) is 14.5. The number of aryl methyl sites for hydroxylation is 1. The van der Waals surface area contributed by atoms with Crippen LogP contribution in [-0.2, 0) is 9.53 Å². The van der Waals surface area contributed by atoms with Crippen molar-refractivity contribution in [2.75, 3.05) is 18.2 Å². The molecule has 3 aromatic rings. The fourth-order valence-corrected chi connectivity index (χ4v) is 3.37. The minimum absolute atomic E-state index is 0.209. The van der Waals surface area contributed by atoms with E-state index in [9.17, 15) is 9.59 Å². The van der Waals surface area contributed by atoms with E-state index in [-0.39, 0.29) is 12.3 Å². The van der Waals surface area contributed by atoms with Crippen molar-refractivity contribution in [2.45, 2.75) is 18.5 Å². The molecule has 28 heavy (non-hydrogen) atoms. The summed E-state index contributed by atoms with van der Waals surface area (Å²) in [5, 5.41) is 15.2. The van der Waals surface area contributed by atoms with Crippen LogP contribution in [0.4, 0.5) is 5.69 Å². The van der Waals surface area contributed by atoms with Crippen LogP contribution < -0.4 is 5.32 Å². The standard InChI is InChI=1S/C19H19N5O3S/c1-13-7-3-6-10-16(13)24-19(21-22-23-24)28-12-11-17(25)20-15-9-5-4-8-14(15)18(26)27-2/h3-10H,11-12H2,1-2H3,(H,20,25). The molecular weight excluding hydrogens is 378 g/mol. The van der Waals surface area contributed by atoms with Gasteiger partial charge < -0.3 is 10.1 Å². The molecule has 0 saturated heterocycles. The average Bonchev–Trinajstić information content (AvgIpc) is 3.16. The van der Waals surface area contributed by atoms with Gasteiger partial charge in [-0.05, 0) is 41.1 Å². The minimum Gasteiger partial charge on any atom is -0.465 e. The maximum absolute atomic E-state index is 12.3. The summed E-state index contributed by atoms with van der Waals surface area (Å²) >= 11 is 1.39. The first kappa shape index (κ1) is 19.6. The van der Waals surface area contributed by atoms with Gasteiger partial charge in [-0.2, -0.15) is 4.68 Å². The number of aromatic nitrogens is 4. The molecule has 9 heteroatoms. The second-order valence-corrected chi connectivity index (χ2v) is 6.91. The molecule has 0 saturated carbocycles. The van der Waals surface area contributed by atoms with Crippen LogP contribution in [0.3, 0.4) is 0 Å². The molecule has 3 rings (SSSR count). The topological polar surface area (TPSA) is 99.0 Å². The third kappa shape index (κ3) is 4.55. The van der Waals surface area contributed by atoms with Gasteiger partial charge in [-0.15, -0.1) is 5.10 Å². The molecule has 0 radical (unpaired) electrons. The van der Waals surface area contributed by atoms with Crippen molar-refractivity contribution < 1.29 is 14.3 Å². The van der Waals surface area contributed by atoms with Gasteiger partial charge in [0, 0.05) is 12.2 Å². The highest BCUT2D eigenvalue weighted by atomic mass is 32.2. The number of carbonyl (C=O) groups excluding carboxylic acids is 2. The number of methoxy groups -OCH3 is 1. The van der Waals surface area contributed by atoms with E-state index in [0.717, 1.165) is 11.3 Å². The number of nitrogens with one attached hydrogen (secondary N) is 1. The molecule has 0 bridgehead atoms. The summed E-state index contributed by atoms with van der Waals surface area (Å²) < 4.78 is 6.39. The molecule has 1 amide bonds. The van der Waals surface area contributed by atoms with Gasteiger partial charge in [0.15, 0.2) is 0 Å². The SMILES string of the molecule is COC(=O)c1ccccc1NC(=O)CCSc1nnnn1-c1ccccc1C. The summed E-state index contributed by atoms with van der Waals surface area (Å²) in [6.07, 6.45) is 0.237. The van der Waals surface area contributed by atoms with Crippen LogP contribution in [0.25, 0.3) is 5.69 Å². The smallest absolute Gasteiger partial charge is 0.339 e. The van der Waals surface area contributed by atoms with Crippen LogP contribution in [0, 0.1) is 6.92 Å². The van der Waals surface area contributed by atoms with E-state index >= 15 is 0 Å². The van der Waals surface area contributed by atoms with Gasteiger partial charge >= 0.3 is 5.97 Å². The van der Waals surface area contributed by atoms with Crippen molar-refractivity contribution in [3.05, 3.63) is 59.7 Å². The van der Waals surface area contributed by atoms with E-state index in [1.807, 2.05) is 31.2 Å². The lowest BCUT2D eigenvalue weighted by Gasteiger charge is -2.09. The Balaban J connectivity index is 1.60. The molecule has 0 atom stereocenters. The number of hydrogen-bond acceptors (Lipinski definition) is 7. The zero-order valence-corrected chi connectivity index (χ0v) is 16.3. The van der Waals surface area contributed by atoms with E-state index < -0.39 is 5.97 Å². The monoisotopic (exact) mass is 397 g/mol. The number of hydrogen-bond donors (Lipinski definition) is 1. The van der Waals surface area contributed by atoms with Gasteiger partial charge in [-0.3, -0.25) is 4.79 Å². The van der Waals surface area contributed by atoms with Crippen molar-refractivity contribution in [1.29, 1.82) is 0 Å². The molecule has 0 fully saturated rings. The number of tetrazole rings is 1. The number of anilines is 1. The number of nitrogens with zero attached hydrogens (tertiary/aromatic N) is 4. The number of para-hydroxylation sites is 2. The van der Waals surface area contributed by atoms with Gasteiger partial charge in [-0.25, -0.2) is 4.79 Å².